The van der Waals surface area contributed by atoms with Crippen LogP contribution in [0.1, 0.15) is 17.0 Å². The Labute approximate surface area is 110 Å². The molecule has 0 unspecified atom stereocenters. The molecule has 19 heavy (non-hydrogen) atoms. The Bertz CT molecular complexity index is 627. The molecule has 0 radical (unpaired) electrons. The number of aromatic nitrogens is 3. The number of nitrogens with one attached hydrogen (secondary N) is 1. The summed E-state index contributed by atoms with van der Waals surface area (Å²) in [7, 11) is 0. The molecule has 1 aliphatic rings. The lowest BCUT2D eigenvalue weighted by Gasteiger charge is -2.11. The van der Waals surface area contributed by atoms with Crippen LogP contribution in [0.5, 0.6) is 0 Å². The standard InChI is InChI=1S/C13H16N4O2/c18-9-11-3-1-10(2-4-11)8-17-13(19)16-6-5-14-7-12(16)15-17/h1-4,14,18H,5-9H2. The Morgan fingerprint density at radius 2 is 2.00 bits per heavy atom. The van der Waals surface area contributed by atoms with Gasteiger partial charge >= 0.3 is 5.69 Å². The van der Waals surface area contributed by atoms with Gasteiger partial charge in [0.25, 0.3) is 0 Å². The van der Waals surface area contributed by atoms with Gasteiger partial charge in [-0.25, -0.2) is 9.48 Å². The zero-order valence-corrected chi connectivity index (χ0v) is 10.5. The van der Waals surface area contributed by atoms with Crippen molar-refractivity contribution in [2.45, 2.75) is 26.2 Å². The first-order valence-electron chi connectivity index (χ1n) is 6.34. The molecule has 0 bridgehead atoms. The first-order valence-corrected chi connectivity index (χ1v) is 6.34. The number of hydrogen-bond donors (Lipinski definition) is 2. The van der Waals surface area contributed by atoms with Crippen LogP contribution in [0, 0.1) is 0 Å². The van der Waals surface area contributed by atoms with Crippen molar-refractivity contribution >= 4 is 0 Å². The van der Waals surface area contributed by atoms with E-state index in [1.54, 1.807) is 4.57 Å². The summed E-state index contributed by atoms with van der Waals surface area (Å²) in [6, 6.07) is 7.54. The SMILES string of the molecule is O=c1n(Cc2ccc(CO)cc2)nc2n1CCNC2. The minimum absolute atomic E-state index is 0.0324. The Balaban J connectivity index is 1.86. The van der Waals surface area contributed by atoms with E-state index in [1.807, 2.05) is 24.3 Å². The zero-order valence-electron chi connectivity index (χ0n) is 10.5. The third kappa shape index (κ3) is 2.32. The smallest absolute Gasteiger partial charge is 0.346 e. The molecule has 1 aliphatic heterocycles. The highest BCUT2D eigenvalue weighted by atomic mass is 16.3. The lowest BCUT2D eigenvalue weighted by molar-refractivity contribution is 0.282. The van der Waals surface area contributed by atoms with Gasteiger partial charge in [-0.1, -0.05) is 24.3 Å². The molecule has 100 valence electrons. The number of aliphatic hydroxyl groups is 1. The average Bonchev–Trinajstić information content (AvgIpc) is 2.77. The fourth-order valence-electron chi connectivity index (χ4n) is 2.26. The highest BCUT2D eigenvalue weighted by Gasteiger charge is 2.16. The maximum absolute atomic E-state index is 12.1. The normalized spacial score (nSPS) is 14.4. The average molecular weight is 260 g/mol. The lowest BCUT2D eigenvalue weighted by Crippen LogP contribution is -2.34. The van der Waals surface area contributed by atoms with Crippen molar-refractivity contribution < 1.29 is 5.11 Å². The van der Waals surface area contributed by atoms with Crippen LogP contribution in [-0.4, -0.2) is 26.0 Å². The van der Waals surface area contributed by atoms with E-state index in [9.17, 15) is 4.79 Å². The minimum Gasteiger partial charge on any atom is -0.392 e. The molecule has 0 aliphatic carbocycles. The molecule has 0 atom stereocenters. The molecular formula is C13H16N4O2. The van der Waals surface area contributed by atoms with Crippen LogP contribution in [0.4, 0.5) is 0 Å². The molecule has 0 saturated carbocycles. The zero-order chi connectivity index (χ0) is 13.2. The van der Waals surface area contributed by atoms with Gasteiger partial charge in [0.2, 0.25) is 0 Å². The quantitative estimate of drug-likeness (QED) is 0.794. The van der Waals surface area contributed by atoms with Gasteiger partial charge < -0.3 is 10.4 Å². The van der Waals surface area contributed by atoms with E-state index in [0.717, 1.165) is 23.5 Å². The van der Waals surface area contributed by atoms with Crippen LogP contribution in [0.15, 0.2) is 29.1 Å². The second kappa shape index (κ2) is 4.99. The van der Waals surface area contributed by atoms with E-state index < -0.39 is 0 Å². The monoisotopic (exact) mass is 260 g/mol. The Morgan fingerprint density at radius 1 is 1.26 bits per heavy atom. The molecule has 1 aromatic carbocycles. The molecule has 2 N–H and O–H groups in total. The third-order valence-electron chi connectivity index (χ3n) is 3.33. The molecule has 6 heteroatoms. The molecule has 0 amide bonds. The first kappa shape index (κ1) is 12.1. The highest BCUT2D eigenvalue weighted by Crippen LogP contribution is 2.06. The number of aliphatic hydroxyl groups excluding tert-OH is 1. The number of nitrogens with zero attached hydrogens (tertiary/aromatic N) is 3. The second-order valence-corrected chi connectivity index (χ2v) is 4.66. The topological polar surface area (TPSA) is 72.1 Å². The van der Waals surface area contributed by atoms with Crippen LogP contribution in [0.3, 0.4) is 0 Å². The van der Waals surface area contributed by atoms with E-state index in [-0.39, 0.29) is 12.3 Å². The van der Waals surface area contributed by atoms with Gasteiger partial charge in [0, 0.05) is 13.1 Å². The predicted molar refractivity (Wildman–Crippen MR) is 69.7 cm³/mol. The van der Waals surface area contributed by atoms with Crippen LogP contribution >= 0.6 is 0 Å². The van der Waals surface area contributed by atoms with Gasteiger partial charge in [-0.3, -0.25) is 4.57 Å². The van der Waals surface area contributed by atoms with Crippen molar-refractivity contribution in [3.05, 3.63) is 51.7 Å². The van der Waals surface area contributed by atoms with Gasteiger partial charge in [-0.2, -0.15) is 5.10 Å². The summed E-state index contributed by atoms with van der Waals surface area (Å²) in [5, 5.41) is 16.5. The van der Waals surface area contributed by atoms with Gasteiger partial charge in [0.1, 0.15) is 5.82 Å². The molecule has 6 nitrogen and oxygen atoms in total. The van der Waals surface area contributed by atoms with Gasteiger partial charge in [-0.15, -0.1) is 0 Å². The Morgan fingerprint density at radius 3 is 2.68 bits per heavy atom. The molecule has 1 aromatic heterocycles. The summed E-state index contributed by atoms with van der Waals surface area (Å²) >= 11 is 0. The maximum atomic E-state index is 12.1. The summed E-state index contributed by atoms with van der Waals surface area (Å²) in [4.78, 5) is 12.1. The Hall–Kier alpha value is -1.92. The van der Waals surface area contributed by atoms with Crippen molar-refractivity contribution in [3.8, 4) is 0 Å². The third-order valence-corrected chi connectivity index (χ3v) is 3.33. The molecule has 2 heterocycles. The van der Waals surface area contributed by atoms with Gasteiger partial charge in [0.15, 0.2) is 0 Å². The van der Waals surface area contributed by atoms with E-state index in [1.165, 1.54) is 4.68 Å². The first-order chi connectivity index (χ1) is 9.28. The van der Waals surface area contributed by atoms with Crippen molar-refractivity contribution in [2.75, 3.05) is 6.54 Å². The van der Waals surface area contributed by atoms with Crippen LogP contribution < -0.4 is 11.0 Å². The minimum atomic E-state index is -0.0530. The number of rotatable bonds is 3. The number of benzene rings is 1. The van der Waals surface area contributed by atoms with E-state index in [4.69, 9.17) is 5.11 Å². The molecule has 3 rings (SSSR count). The van der Waals surface area contributed by atoms with Gasteiger partial charge in [-0.05, 0) is 11.1 Å². The van der Waals surface area contributed by atoms with Crippen molar-refractivity contribution in [1.29, 1.82) is 0 Å². The van der Waals surface area contributed by atoms with Crippen molar-refractivity contribution in [2.24, 2.45) is 0 Å². The summed E-state index contributed by atoms with van der Waals surface area (Å²) in [5.41, 5.74) is 1.81. The van der Waals surface area contributed by atoms with E-state index in [0.29, 0.717) is 19.6 Å². The summed E-state index contributed by atoms with van der Waals surface area (Å²) in [6.07, 6.45) is 0. The second-order valence-electron chi connectivity index (χ2n) is 4.66. The van der Waals surface area contributed by atoms with E-state index in [2.05, 4.69) is 10.4 Å². The Kier molecular flexibility index (Phi) is 3.18. The number of hydrogen-bond acceptors (Lipinski definition) is 4. The largest absolute Gasteiger partial charge is 0.392 e. The van der Waals surface area contributed by atoms with Crippen molar-refractivity contribution in [3.63, 3.8) is 0 Å². The maximum Gasteiger partial charge on any atom is 0.346 e. The summed E-state index contributed by atoms with van der Waals surface area (Å²) in [6.45, 7) is 2.63. The van der Waals surface area contributed by atoms with Crippen LogP contribution in [0.2, 0.25) is 0 Å². The van der Waals surface area contributed by atoms with Crippen LogP contribution in [-0.2, 0) is 26.2 Å². The molecule has 2 aromatic rings. The highest BCUT2D eigenvalue weighted by molar-refractivity contribution is 5.22. The van der Waals surface area contributed by atoms with Crippen molar-refractivity contribution in [1.82, 2.24) is 19.7 Å². The lowest BCUT2D eigenvalue weighted by atomic mass is 10.1. The van der Waals surface area contributed by atoms with Gasteiger partial charge in [0.05, 0.1) is 19.7 Å². The number of fused-ring (bicyclic) bond motifs is 1. The molecular weight excluding hydrogens is 244 g/mol. The van der Waals surface area contributed by atoms with Crippen LogP contribution in [0.25, 0.3) is 0 Å². The fourth-order valence-corrected chi connectivity index (χ4v) is 2.26. The summed E-state index contributed by atoms with van der Waals surface area (Å²) < 4.78 is 3.22. The van der Waals surface area contributed by atoms with E-state index >= 15 is 0 Å². The fraction of sp³-hybridized carbons (Fsp3) is 0.385. The summed E-state index contributed by atoms with van der Waals surface area (Å²) in [5.74, 6) is 0.795. The predicted octanol–water partition coefficient (Wildman–Crippen LogP) is -0.311. The molecule has 0 spiro atoms. The molecule has 0 saturated heterocycles. The molecule has 0 fully saturated rings.